The van der Waals surface area contributed by atoms with Gasteiger partial charge in [0.25, 0.3) is 0 Å². The molecule has 0 saturated heterocycles. The number of hydrogen-bond donors (Lipinski definition) is 1. The fraction of sp³-hybridized carbons (Fsp3) is 1.00. The summed E-state index contributed by atoms with van der Waals surface area (Å²) in [6.45, 7) is 11.3. The van der Waals surface area contributed by atoms with Gasteiger partial charge in [0.1, 0.15) is 0 Å². The van der Waals surface area contributed by atoms with Gasteiger partial charge >= 0.3 is 0 Å². The van der Waals surface area contributed by atoms with Crippen molar-refractivity contribution >= 4 is 0 Å². The normalized spacial score (nSPS) is 11.7. The van der Waals surface area contributed by atoms with Crippen molar-refractivity contribution < 1.29 is 4.90 Å². The molecule has 1 heteroatoms. The van der Waals surface area contributed by atoms with Crippen LogP contribution in [-0.4, -0.2) is 19.6 Å². The van der Waals surface area contributed by atoms with E-state index in [1.54, 1.807) is 0 Å². The first kappa shape index (κ1) is 43.0. The minimum atomic E-state index is 1.37. The number of rotatable bonds is 39. The zero-order valence-electron chi connectivity index (χ0n) is 31.1. The largest absolute Gasteiger partial charge is 0.335 e. The fourth-order valence-electron chi connectivity index (χ4n) is 7.02. The van der Waals surface area contributed by atoms with Gasteiger partial charge in [0.2, 0.25) is 0 Å². The van der Waals surface area contributed by atoms with Crippen LogP contribution in [0, 0.1) is 0 Å². The summed E-state index contributed by atoms with van der Waals surface area (Å²) in [6, 6.07) is 0. The number of nitrogens with one attached hydrogen (secondary N) is 1. The lowest BCUT2D eigenvalue weighted by atomic mass is 10.0. The summed E-state index contributed by atoms with van der Waals surface area (Å²) in [6.07, 6.45) is 52.9. The molecule has 1 nitrogen and oxygen atoms in total. The summed E-state index contributed by atoms with van der Waals surface area (Å²) in [5, 5.41) is 0. The van der Waals surface area contributed by atoms with Crippen molar-refractivity contribution in [2.45, 2.75) is 252 Å². The van der Waals surface area contributed by atoms with E-state index >= 15 is 0 Å². The zero-order chi connectivity index (χ0) is 31.2. The number of hydrogen-bond acceptors (Lipinski definition) is 0. The highest BCUT2D eigenvalue weighted by Gasteiger charge is 2.08. The predicted octanol–water partition coefficient (Wildman–Crippen LogP) is 14.0. The Hall–Kier alpha value is -0.0400. The molecule has 0 saturated carbocycles. The van der Waals surface area contributed by atoms with Crippen LogP contribution in [0.25, 0.3) is 0 Å². The Kier molecular flexibility index (Phi) is 39.9. The standard InChI is InChI=1S/C42H87N/c1-4-7-10-13-16-19-22-25-28-31-34-37-40-43(41-38-35-32-29-26-23-20-17-14-11-8-5-2)42-39-36-33-30-27-24-21-18-15-12-9-6-3/h4-42H2,1-3H3/p+1. The lowest BCUT2D eigenvalue weighted by molar-refractivity contribution is -0.900. The van der Waals surface area contributed by atoms with E-state index in [2.05, 4.69) is 20.8 Å². The molecule has 43 heavy (non-hydrogen) atoms. The van der Waals surface area contributed by atoms with Gasteiger partial charge in [-0.1, -0.05) is 213 Å². The highest BCUT2D eigenvalue weighted by molar-refractivity contribution is 4.52. The van der Waals surface area contributed by atoms with E-state index in [0.29, 0.717) is 0 Å². The van der Waals surface area contributed by atoms with E-state index in [-0.39, 0.29) is 0 Å². The minimum Gasteiger partial charge on any atom is -0.335 e. The van der Waals surface area contributed by atoms with Crippen LogP contribution >= 0.6 is 0 Å². The van der Waals surface area contributed by atoms with Crippen LogP contribution in [0.4, 0.5) is 0 Å². The van der Waals surface area contributed by atoms with Gasteiger partial charge in [-0.2, -0.15) is 0 Å². The van der Waals surface area contributed by atoms with E-state index in [9.17, 15) is 0 Å². The van der Waals surface area contributed by atoms with E-state index < -0.39 is 0 Å². The first-order valence-corrected chi connectivity index (χ1v) is 21.2. The summed E-state index contributed by atoms with van der Waals surface area (Å²) >= 11 is 0. The molecule has 0 spiro atoms. The quantitative estimate of drug-likeness (QED) is 0.0664. The molecule has 0 aliphatic heterocycles. The van der Waals surface area contributed by atoms with Gasteiger partial charge in [-0.3, -0.25) is 0 Å². The molecule has 0 aliphatic carbocycles. The number of quaternary nitrogens is 1. The Morgan fingerprint density at radius 3 is 0.488 bits per heavy atom. The molecule has 0 aromatic rings. The average Bonchev–Trinajstić information content (AvgIpc) is 3.02. The maximum absolute atomic E-state index is 2.32. The molecule has 0 aromatic carbocycles. The van der Waals surface area contributed by atoms with Crippen molar-refractivity contribution in [3.63, 3.8) is 0 Å². The molecule has 0 heterocycles. The molecule has 0 unspecified atom stereocenters. The van der Waals surface area contributed by atoms with Crippen LogP contribution in [0.5, 0.6) is 0 Å². The lowest BCUT2D eigenvalue weighted by Gasteiger charge is -2.20. The van der Waals surface area contributed by atoms with Crippen molar-refractivity contribution in [3.8, 4) is 0 Å². The second kappa shape index (κ2) is 40.0. The van der Waals surface area contributed by atoms with E-state index in [1.807, 2.05) is 4.90 Å². The first-order valence-electron chi connectivity index (χ1n) is 21.2. The van der Waals surface area contributed by atoms with Gasteiger partial charge in [0.05, 0.1) is 19.6 Å². The van der Waals surface area contributed by atoms with Gasteiger partial charge in [0.15, 0.2) is 0 Å². The van der Waals surface area contributed by atoms with Crippen LogP contribution in [-0.2, 0) is 0 Å². The van der Waals surface area contributed by atoms with Crippen LogP contribution in [0.3, 0.4) is 0 Å². The molecular formula is C42H88N+. The molecule has 0 bridgehead atoms. The molecule has 0 aliphatic rings. The van der Waals surface area contributed by atoms with Crippen molar-refractivity contribution in [2.75, 3.05) is 19.6 Å². The van der Waals surface area contributed by atoms with Gasteiger partial charge < -0.3 is 4.90 Å². The lowest BCUT2D eigenvalue weighted by Crippen LogP contribution is -3.12. The molecule has 260 valence electrons. The Morgan fingerprint density at radius 2 is 0.326 bits per heavy atom. The van der Waals surface area contributed by atoms with E-state index in [0.717, 1.165) is 0 Å². The SMILES string of the molecule is CCCCCCCCCCCCCC[NH+](CCCCCCCCCCCCCC)CCCCCCCCCCCCCC. The van der Waals surface area contributed by atoms with E-state index in [1.165, 1.54) is 251 Å². The molecule has 0 rings (SSSR count). The second-order valence-corrected chi connectivity index (χ2v) is 14.7. The second-order valence-electron chi connectivity index (χ2n) is 14.7. The van der Waals surface area contributed by atoms with Crippen LogP contribution in [0.1, 0.15) is 252 Å². The minimum absolute atomic E-state index is 1.37. The third-order valence-electron chi connectivity index (χ3n) is 10.2. The van der Waals surface area contributed by atoms with Gasteiger partial charge in [0, 0.05) is 0 Å². The molecular weight excluding hydrogens is 518 g/mol. The van der Waals surface area contributed by atoms with Crippen LogP contribution < -0.4 is 4.90 Å². The third kappa shape index (κ3) is 38.1. The van der Waals surface area contributed by atoms with Gasteiger partial charge in [-0.25, -0.2) is 0 Å². The van der Waals surface area contributed by atoms with Crippen LogP contribution in [0.15, 0.2) is 0 Å². The Labute approximate surface area is 275 Å². The molecule has 0 amide bonds. The van der Waals surface area contributed by atoms with Crippen LogP contribution in [0.2, 0.25) is 0 Å². The highest BCUT2D eigenvalue weighted by Crippen LogP contribution is 2.14. The number of unbranched alkanes of at least 4 members (excludes halogenated alkanes) is 33. The van der Waals surface area contributed by atoms with E-state index in [4.69, 9.17) is 0 Å². The van der Waals surface area contributed by atoms with Crippen molar-refractivity contribution in [1.82, 2.24) is 0 Å². The maximum Gasteiger partial charge on any atom is 0.0770 e. The Balaban J connectivity index is 3.90. The summed E-state index contributed by atoms with van der Waals surface area (Å²) in [4.78, 5) is 1.95. The molecule has 0 atom stereocenters. The monoisotopic (exact) mass is 607 g/mol. The summed E-state index contributed by atoms with van der Waals surface area (Å²) in [5.41, 5.74) is 0. The van der Waals surface area contributed by atoms with Crippen molar-refractivity contribution in [1.29, 1.82) is 0 Å². The molecule has 0 aromatic heterocycles. The Morgan fingerprint density at radius 1 is 0.186 bits per heavy atom. The molecule has 0 fully saturated rings. The summed E-state index contributed by atoms with van der Waals surface area (Å²) in [7, 11) is 0. The fourth-order valence-corrected chi connectivity index (χ4v) is 7.02. The van der Waals surface area contributed by atoms with Gasteiger partial charge in [-0.15, -0.1) is 0 Å². The Bertz CT molecular complexity index is 393. The molecule has 0 radical (unpaired) electrons. The van der Waals surface area contributed by atoms with Gasteiger partial charge in [-0.05, 0) is 38.5 Å². The van der Waals surface area contributed by atoms with Crippen molar-refractivity contribution in [2.24, 2.45) is 0 Å². The predicted molar refractivity (Wildman–Crippen MR) is 199 cm³/mol. The smallest absolute Gasteiger partial charge is 0.0770 e. The summed E-state index contributed by atoms with van der Waals surface area (Å²) < 4.78 is 0. The summed E-state index contributed by atoms with van der Waals surface area (Å²) in [5.74, 6) is 0. The maximum atomic E-state index is 2.32. The van der Waals surface area contributed by atoms with Crippen molar-refractivity contribution in [3.05, 3.63) is 0 Å². The zero-order valence-corrected chi connectivity index (χ0v) is 31.1. The molecule has 1 N–H and O–H groups in total. The highest BCUT2D eigenvalue weighted by atomic mass is 15.1. The third-order valence-corrected chi connectivity index (χ3v) is 10.2. The topological polar surface area (TPSA) is 4.44 Å². The first-order chi connectivity index (χ1) is 21.3. The average molecular weight is 607 g/mol.